The van der Waals surface area contributed by atoms with Crippen molar-refractivity contribution < 1.29 is 5.48 Å². The highest BCUT2D eigenvalue weighted by Crippen LogP contribution is 2.63. The monoisotopic (exact) mass is 995 g/mol. The molecule has 0 saturated heterocycles. The molecule has 2 aliphatic carbocycles. The molecule has 13 aromatic carbocycles. The maximum Gasteiger partial charge on any atom is 0.0726 e. The van der Waals surface area contributed by atoms with Crippen LogP contribution in [0.15, 0.2) is 297 Å². The Balaban J connectivity index is 0.824. The SMILES string of the molecule is [2H]c1c([2H])c(N(c2ccc3c4ccccc4n(-c4ccccc4)c3c2)c2cccc3ccccc23)c([2H])c([2H])c1-c1ccc2cc(N(c3ccccc3)c3ccc4c(c3)C3(c5ccccc5-c5ccccc53)c3ccccc3-4)ccc2c1. The topological polar surface area (TPSA) is 11.4 Å². The van der Waals surface area contributed by atoms with Crippen molar-refractivity contribution >= 4 is 77.5 Å². The summed E-state index contributed by atoms with van der Waals surface area (Å²) in [5, 5.41) is 5.98. The molecule has 0 bridgehead atoms. The standard InChI is InChI=1S/C75H49N3/c1-3-20-55(21-4-1)76(59-42-44-65-64-27-11-15-31-70(64)75(71(65)48-59)68-29-13-9-25-62(68)63-26-10-14-30-69(63)75)58-41-38-53-46-52(34-35-54(53)47-58)50-36-39-57(40-37-50)77(72-33-17-19-51-18-7-8-24-61(51)72)60-43-45-67-66-28-12-16-32-73(66)78(74(67)49-60)56-22-5-2-6-23-56/h1-49H/i36D,37D,39D,40D. The average Bonchev–Trinajstić information content (AvgIpc) is 2.44. The molecule has 0 atom stereocenters. The van der Waals surface area contributed by atoms with Crippen LogP contribution in [0.25, 0.3) is 82.4 Å². The Morgan fingerprint density at radius 3 is 1.58 bits per heavy atom. The summed E-state index contributed by atoms with van der Waals surface area (Å²) >= 11 is 0. The van der Waals surface area contributed by atoms with Crippen LogP contribution in [-0.4, -0.2) is 4.57 Å². The highest BCUT2D eigenvalue weighted by atomic mass is 15.2. The Bertz CT molecular complexity index is 4850. The first kappa shape index (κ1) is 40.1. The van der Waals surface area contributed by atoms with Crippen LogP contribution in [0.3, 0.4) is 0 Å². The van der Waals surface area contributed by atoms with Gasteiger partial charge in [0.1, 0.15) is 0 Å². The molecular weight excluding hydrogens is 943 g/mol. The molecular formula is C75H49N3. The summed E-state index contributed by atoms with van der Waals surface area (Å²) < 4.78 is 41.8. The molecule has 14 aromatic rings. The Hall–Kier alpha value is -10.2. The summed E-state index contributed by atoms with van der Waals surface area (Å²) in [7, 11) is 0. The predicted octanol–water partition coefficient (Wildman–Crippen LogP) is 20.0. The van der Waals surface area contributed by atoms with E-state index in [1.54, 1.807) is 0 Å². The van der Waals surface area contributed by atoms with Gasteiger partial charge in [-0.2, -0.15) is 0 Å². The van der Waals surface area contributed by atoms with Gasteiger partial charge in [0.05, 0.1) is 27.6 Å². The first-order valence-corrected chi connectivity index (χ1v) is 26.7. The molecule has 0 N–H and O–H groups in total. The molecule has 3 heteroatoms. The molecule has 1 heterocycles. The fourth-order valence-corrected chi connectivity index (χ4v) is 13.1. The van der Waals surface area contributed by atoms with E-state index in [1.807, 2.05) is 71.6 Å². The van der Waals surface area contributed by atoms with E-state index < -0.39 is 5.41 Å². The average molecular weight is 996 g/mol. The second kappa shape index (κ2) is 17.4. The maximum absolute atomic E-state index is 9.95. The fourth-order valence-electron chi connectivity index (χ4n) is 13.1. The minimum absolute atomic E-state index is 0.115. The van der Waals surface area contributed by atoms with Gasteiger partial charge in [-0.1, -0.05) is 206 Å². The Kier molecular flexibility index (Phi) is 8.97. The van der Waals surface area contributed by atoms with Crippen molar-refractivity contribution in [2.75, 3.05) is 9.80 Å². The summed E-state index contributed by atoms with van der Waals surface area (Å²) in [4.78, 5) is 4.25. The molecule has 2 aliphatic rings. The van der Waals surface area contributed by atoms with Crippen LogP contribution < -0.4 is 9.80 Å². The summed E-state index contributed by atoms with van der Waals surface area (Å²) in [6.45, 7) is 0. The van der Waals surface area contributed by atoms with E-state index in [0.717, 1.165) is 71.8 Å². The smallest absolute Gasteiger partial charge is 0.0726 e. The first-order valence-electron chi connectivity index (χ1n) is 28.7. The highest BCUT2D eigenvalue weighted by molar-refractivity contribution is 6.11. The van der Waals surface area contributed by atoms with E-state index in [2.05, 4.69) is 216 Å². The minimum Gasteiger partial charge on any atom is -0.310 e. The summed E-state index contributed by atoms with van der Waals surface area (Å²) in [5.41, 5.74) is 18.2. The molecule has 0 amide bonds. The van der Waals surface area contributed by atoms with E-state index in [4.69, 9.17) is 0 Å². The van der Waals surface area contributed by atoms with Crippen LogP contribution in [-0.2, 0) is 5.41 Å². The number of anilines is 6. The molecule has 3 nitrogen and oxygen atoms in total. The van der Waals surface area contributed by atoms with Gasteiger partial charge in [0.25, 0.3) is 0 Å². The van der Waals surface area contributed by atoms with E-state index >= 15 is 0 Å². The van der Waals surface area contributed by atoms with E-state index in [-0.39, 0.29) is 35.4 Å². The van der Waals surface area contributed by atoms with E-state index in [9.17, 15) is 5.48 Å². The molecule has 364 valence electrons. The summed E-state index contributed by atoms with van der Waals surface area (Å²) in [6.07, 6.45) is 0. The second-order valence-corrected chi connectivity index (χ2v) is 20.5. The van der Waals surface area contributed by atoms with Crippen molar-refractivity contribution in [1.29, 1.82) is 0 Å². The third-order valence-electron chi connectivity index (χ3n) is 16.4. The Morgan fingerprint density at radius 2 is 0.833 bits per heavy atom. The number of para-hydroxylation sites is 3. The van der Waals surface area contributed by atoms with Gasteiger partial charge in [-0.25, -0.2) is 0 Å². The van der Waals surface area contributed by atoms with Crippen LogP contribution in [0.2, 0.25) is 0 Å². The first-order chi connectivity index (χ1) is 40.4. The number of fused-ring (bicyclic) bond motifs is 15. The number of rotatable bonds is 8. The third-order valence-corrected chi connectivity index (χ3v) is 16.4. The largest absolute Gasteiger partial charge is 0.310 e. The van der Waals surface area contributed by atoms with Crippen LogP contribution in [0, 0.1) is 0 Å². The van der Waals surface area contributed by atoms with Crippen molar-refractivity contribution in [2.24, 2.45) is 0 Å². The van der Waals surface area contributed by atoms with Crippen molar-refractivity contribution in [3.8, 4) is 39.1 Å². The lowest BCUT2D eigenvalue weighted by Gasteiger charge is -2.32. The lowest BCUT2D eigenvalue weighted by Crippen LogP contribution is -2.26. The molecule has 0 aliphatic heterocycles. The number of hydrogen-bond acceptors (Lipinski definition) is 2. The van der Waals surface area contributed by atoms with Crippen molar-refractivity contribution in [1.82, 2.24) is 4.57 Å². The fraction of sp³-hybridized carbons (Fsp3) is 0.0133. The molecule has 1 aromatic heterocycles. The molecule has 78 heavy (non-hydrogen) atoms. The van der Waals surface area contributed by atoms with Gasteiger partial charge < -0.3 is 14.4 Å². The molecule has 0 unspecified atom stereocenters. The number of aromatic nitrogens is 1. The normalized spacial score (nSPS) is 13.4. The maximum atomic E-state index is 9.95. The minimum atomic E-state index is -0.492. The van der Waals surface area contributed by atoms with E-state index in [0.29, 0.717) is 11.3 Å². The van der Waals surface area contributed by atoms with Gasteiger partial charge in [-0.05, 0) is 163 Å². The Labute approximate surface area is 459 Å². The predicted molar refractivity (Wildman–Crippen MR) is 327 cm³/mol. The summed E-state index contributed by atoms with van der Waals surface area (Å²) in [6, 6.07) is 95.3. The van der Waals surface area contributed by atoms with Crippen LogP contribution in [0.1, 0.15) is 27.7 Å². The molecule has 0 fully saturated rings. The quantitative estimate of drug-likeness (QED) is 0.150. The van der Waals surface area contributed by atoms with Gasteiger partial charge in [0.2, 0.25) is 0 Å². The van der Waals surface area contributed by atoms with Gasteiger partial charge in [-0.3, -0.25) is 0 Å². The molecule has 0 saturated carbocycles. The van der Waals surface area contributed by atoms with Crippen LogP contribution in [0.5, 0.6) is 0 Å². The van der Waals surface area contributed by atoms with Gasteiger partial charge >= 0.3 is 0 Å². The lowest BCUT2D eigenvalue weighted by atomic mass is 9.70. The van der Waals surface area contributed by atoms with Gasteiger partial charge in [-0.15, -0.1) is 0 Å². The van der Waals surface area contributed by atoms with Crippen LogP contribution >= 0.6 is 0 Å². The van der Waals surface area contributed by atoms with Gasteiger partial charge in [0.15, 0.2) is 0 Å². The second-order valence-electron chi connectivity index (χ2n) is 20.5. The van der Waals surface area contributed by atoms with Crippen molar-refractivity contribution in [2.45, 2.75) is 5.41 Å². The number of benzene rings is 13. The highest BCUT2D eigenvalue weighted by Gasteiger charge is 2.51. The Morgan fingerprint density at radius 1 is 0.295 bits per heavy atom. The van der Waals surface area contributed by atoms with Crippen molar-refractivity contribution in [3.05, 3.63) is 319 Å². The molecule has 16 rings (SSSR count). The van der Waals surface area contributed by atoms with Gasteiger partial charge in [0, 0.05) is 50.3 Å². The van der Waals surface area contributed by atoms with E-state index in [1.165, 1.54) is 44.5 Å². The zero-order valence-corrected chi connectivity index (χ0v) is 42.3. The summed E-state index contributed by atoms with van der Waals surface area (Å²) in [5.74, 6) is 0. The third kappa shape index (κ3) is 6.58. The zero-order chi connectivity index (χ0) is 54.8. The van der Waals surface area contributed by atoms with Crippen LogP contribution in [0.4, 0.5) is 34.1 Å². The lowest BCUT2D eigenvalue weighted by molar-refractivity contribution is 0.793. The molecule has 0 radical (unpaired) electrons. The zero-order valence-electron chi connectivity index (χ0n) is 46.3. The van der Waals surface area contributed by atoms with Crippen molar-refractivity contribution in [3.63, 3.8) is 0 Å². The number of nitrogens with zero attached hydrogens (tertiary/aromatic N) is 3. The number of hydrogen-bond donors (Lipinski definition) is 0. The molecule has 1 spiro atoms.